The summed E-state index contributed by atoms with van der Waals surface area (Å²) >= 11 is 0. The van der Waals surface area contributed by atoms with Gasteiger partial charge in [0.15, 0.2) is 0 Å². The van der Waals surface area contributed by atoms with Gasteiger partial charge < -0.3 is 36.5 Å². The Labute approximate surface area is 340 Å². The van der Waals surface area contributed by atoms with Gasteiger partial charge in [-0.05, 0) is 68.0 Å². The second kappa shape index (κ2) is 19.8. The second-order valence-electron chi connectivity index (χ2n) is 16.0. The van der Waals surface area contributed by atoms with Gasteiger partial charge in [-0.25, -0.2) is 0 Å². The van der Waals surface area contributed by atoms with E-state index >= 15 is 0 Å². The number of nitrogens with zero attached hydrogens (tertiary/aromatic N) is 2. The number of aromatic nitrogens is 1. The smallest absolute Gasteiger partial charge is 0.243 e. The molecule has 7 rings (SSSR count). The fourth-order valence-electron chi connectivity index (χ4n) is 8.60. The van der Waals surface area contributed by atoms with Crippen molar-refractivity contribution in [3.63, 3.8) is 0 Å². The van der Waals surface area contributed by atoms with Crippen LogP contribution in [0.2, 0.25) is 0 Å². The molecule has 4 atom stereocenters. The number of piperidine rings is 2. The molecule has 13 heteroatoms. The van der Waals surface area contributed by atoms with Crippen LogP contribution in [0.25, 0.3) is 10.9 Å². The molecule has 0 radical (unpaired) electrons. The maximum Gasteiger partial charge on any atom is 0.243 e. The number of carbonyl (C=O) groups is 5. The van der Waals surface area contributed by atoms with E-state index in [-0.39, 0.29) is 38.3 Å². The van der Waals surface area contributed by atoms with Crippen LogP contribution in [-0.4, -0.2) is 114 Å². The van der Waals surface area contributed by atoms with Crippen LogP contribution in [0.4, 0.5) is 0 Å². The van der Waals surface area contributed by atoms with Crippen LogP contribution in [0.3, 0.4) is 0 Å². The molecule has 3 saturated heterocycles. The minimum atomic E-state index is -1.21. The van der Waals surface area contributed by atoms with Crippen LogP contribution in [0.5, 0.6) is 0 Å². The zero-order chi connectivity index (χ0) is 40.3. The molecule has 5 amide bonds. The number of nitrogens with one attached hydrogen (secondary N) is 6. The van der Waals surface area contributed by atoms with Crippen LogP contribution < -0.4 is 26.6 Å². The first-order valence-corrected chi connectivity index (χ1v) is 20.8. The van der Waals surface area contributed by atoms with E-state index in [0.717, 1.165) is 66.6 Å². The van der Waals surface area contributed by atoms with Crippen LogP contribution in [0.15, 0.2) is 91.1 Å². The number of para-hydroxylation sites is 1. The quantitative estimate of drug-likeness (QED) is 0.144. The largest absolute Gasteiger partial charge is 0.361 e. The average Bonchev–Trinajstić information content (AvgIpc) is 3.65. The van der Waals surface area contributed by atoms with Gasteiger partial charge in [-0.1, -0.05) is 85.3 Å². The van der Waals surface area contributed by atoms with E-state index in [4.69, 9.17) is 0 Å². The highest BCUT2D eigenvalue weighted by Crippen LogP contribution is 2.22. The molecule has 4 heterocycles. The van der Waals surface area contributed by atoms with Crippen molar-refractivity contribution in [2.75, 3.05) is 39.3 Å². The number of fused-ring (bicyclic) bond motifs is 1. The topological polar surface area (TPSA) is 168 Å². The molecule has 1 aromatic heterocycles. The Morgan fingerprint density at radius 1 is 0.672 bits per heavy atom. The first-order valence-electron chi connectivity index (χ1n) is 20.8. The lowest BCUT2D eigenvalue weighted by atomic mass is 10.00. The van der Waals surface area contributed by atoms with Crippen molar-refractivity contribution in [1.82, 2.24) is 41.4 Å². The summed E-state index contributed by atoms with van der Waals surface area (Å²) in [5.41, 5.74) is 3.47. The van der Waals surface area contributed by atoms with Crippen molar-refractivity contribution < 1.29 is 24.0 Å². The van der Waals surface area contributed by atoms with Gasteiger partial charge >= 0.3 is 0 Å². The first-order chi connectivity index (χ1) is 28.3. The monoisotopic (exact) mass is 788 g/mol. The molecule has 58 heavy (non-hydrogen) atoms. The van der Waals surface area contributed by atoms with E-state index in [0.29, 0.717) is 12.5 Å². The molecule has 0 unspecified atom stereocenters. The summed E-state index contributed by atoms with van der Waals surface area (Å²) < 4.78 is 0. The summed E-state index contributed by atoms with van der Waals surface area (Å²) in [6.45, 7) is 3.98. The van der Waals surface area contributed by atoms with Gasteiger partial charge in [0.2, 0.25) is 29.5 Å². The van der Waals surface area contributed by atoms with E-state index in [1.807, 2.05) is 91.1 Å². The molecule has 4 aromatic rings. The van der Waals surface area contributed by atoms with Crippen LogP contribution in [0.1, 0.15) is 55.2 Å². The number of H-pyrrole nitrogens is 1. The van der Waals surface area contributed by atoms with Crippen molar-refractivity contribution in [1.29, 1.82) is 0 Å². The molecule has 0 saturated carbocycles. The van der Waals surface area contributed by atoms with Crippen LogP contribution >= 0.6 is 0 Å². The minimum Gasteiger partial charge on any atom is -0.361 e. The van der Waals surface area contributed by atoms with Gasteiger partial charge in [0, 0.05) is 55.6 Å². The number of amides is 5. The Hall–Kier alpha value is -5.53. The maximum absolute atomic E-state index is 14.3. The third-order valence-corrected chi connectivity index (χ3v) is 11.7. The lowest BCUT2D eigenvalue weighted by molar-refractivity contribution is -0.135. The molecule has 0 aliphatic carbocycles. The summed E-state index contributed by atoms with van der Waals surface area (Å²) in [6, 6.07) is 23.4. The number of benzene rings is 3. The average molecular weight is 789 g/mol. The molecule has 306 valence electrons. The molecule has 3 aliphatic rings. The number of rotatable bonds is 10. The minimum absolute atomic E-state index is 0.0344. The van der Waals surface area contributed by atoms with Crippen molar-refractivity contribution in [2.24, 2.45) is 0 Å². The van der Waals surface area contributed by atoms with Crippen LogP contribution in [-0.2, 0) is 43.2 Å². The summed E-state index contributed by atoms with van der Waals surface area (Å²) in [5.74, 6) is -2.43. The molecule has 3 aromatic carbocycles. The van der Waals surface area contributed by atoms with Crippen LogP contribution in [0, 0.1) is 0 Å². The highest BCUT2D eigenvalue weighted by atomic mass is 16.2. The fraction of sp³-hybridized carbons (Fsp3) is 0.444. The SMILES string of the molecule is O=C1C[C@@H](NC(=O)CN2CCC(N3CCCCC3)CC2)C(=O)NC[C@@H](Cc2ccccc2)NC(=O)[C@H](Cc2ccccc2)NC(=O)[C@H](Cc2c[nH]c3ccccc23)N1. The predicted molar refractivity (Wildman–Crippen MR) is 223 cm³/mol. The number of likely N-dealkylation sites (tertiary alicyclic amines) is 2. The highest BCUT2D eigenvalue weighted by molar-refractivity contribution is 5.96. The molecular formula is C45H56N8O5. The lowest BCUT2D eigenvalue weighted by Crippen LogP contribution is -2.59. The van der Waals surface area contributed by atoms with Gasteiger partial charge in [-0.15, -0.1) is 0 Å². The Morgan fingerprint density at radius 3 is 2.03 bits per heavy atom. The predicted octanol–water partition coefficient (Wildman–Crippen LogP) is 2.61. The third-order valence-electron chi connectivity index (χ3n) is 11.7. The van der Waals surface area contributed by atoms with Gasteiger partial charge in [-0.2, -0.15) is 0 Å². The lowest BCUT2D eigenvalue weighted by Gasteiger charge is -2.40. The van der Waals surface area contributed by atoms with E-state index in [2.05, 4.69) is 41.4 Å². The first kappa shape index (κ1) is 40.7. The number of hydrogen-bond acceptors (Lipinski definition) is 7. The normalized spacial score (nSPS) is 23.6. The standard InChI is InChI=1S/C45H56N8O5/c54-41-27-40(50-42(55)30-52-22-18-35(19-23-52)53-20-10-3-11-21-53)43(56)47-29-34(24-31-12-4-1-5-13-31)48-44(57)38(25-32-14-6-2-7-15-32)51-45(58)39(49-41)26-33-28-46-37-17-9-8-16-36(33)37/h1-2,4-9,12-17,28,34-35,38-40,46H,3,10-11,18-27,29-30H2,(H,47,56)(H,48,57)(H,49,54)(H,50,55)(H,51,58)/t34-,38+,39+,40-/m1/s1. The summed E-state index contributed by atoms with van der Waals surface area (Å²) in [5, 5.41) is 15.6. The molecular weight excluding hydrogens is 733 g/mol. The molecule has 6 N–H and O–H groups in total. The summed E-state index contributed by atoms with van der Waals surface area (Å²) in [7, 11) is 0. The van der Waals surface area contributed by atoms with E-state index < -0.39 is 47.8 Å². The maximum atomic E-state index is 14.3. The molecule has 0 spiro atoms. The molecule has 3 fully saturated rings. The Morgan fingerprint density at radius 2 is 1.31 bits per heavy atom. The van der Waals surface area contributed by atoms with Crippen molar-refractivity contribution in [3.05, 3.63) is 108 Å². The zero-order valence-corrected chi connectivity index (χ0v) is 33.1. The van der Waals surface area contributed by atoms with Gasteiger partial charge in [-0.3, -0.25) is 28.9 Å². The fourth-order valence-corrected chi connectivity index (χ4v) is 8.60. The van der Waals surface area contributed by atoms with Crippen molar-refractivity contribution in [3.8, 4) is 0 Å². The van der Waals surface area contributed by atoms with Crippen molar-refractivity contribution in [2.45, 2.75) is 88.0 Å². The van der Waals surface area contributed by atoms with Crippen molar-refractivity contribution >= 4 is 40.4 Å². The number of aromatic amines is 1. The van der Waals surface area contributed by atoms with Gasteiger partial charge in [0.1, 0.15) is 18.1 Å². The van der Waals surface area contributed by atoms with E-state index in [1.165, 1.54) is 19.3 Å². The van der Waals surface area contributed by atoms with E-state index in [1.54, 1.807) is 0 Å². The highest BCUT2D eigenvalue weighted by Gasteiger charge is 2.33. The van der Waals surface area contributed by atoms with Gasteiger partial charge in [0.25, 0.3) is 0 Å². The second-order valence-corrected chi connectivity index (χ2v) is 16.0. The molecule has 0 bridgehead atoms. The van der Waals surface area contributed by atoms with Gasteiger partial charge in [0.05, 0.1) is 19.0 Å². The Bertz CT molecular complexity index is 2010. The Kier molecular flexibility index (Phi) is 13.8. The zero-order valence-electron chi connectivity index (χ0n) is 33.1. The number of carbonyl (C=O) groups excluding carboxylic acids is 5. The third kappa shape index (κ3) is 11.1. The number of hydrogen-bond donors (Lipinski definition) is 6. The Balaban J connectivity index is 1.11. The summed E-state index contributed by atoms with van der Waals surface area (Å²) in [4.78, 5) is 77.9. The molecule has 3 aliphatic heterocycles. The molecule has 13 nitrogen and oxygen atoms in total. The summed E-state index contributed by atoms with van der Waals surface area (Å²) in [6.07, 6.45) is 7.89. The van der Waals surface area contributed by atoms with E-state index in [9.17, 15) is 24.0 Å².